The number of oxazole rings is 1. The predicted octanol–water partition coefficient (Wildman–Crippen LogP) is 13.2. The van der Waals surface area contributed by atoms with Crippen LogP contribution in [0.2, 0.25) is 0 Å². The summed E-state index contributed by atoms with van der Waals surface area (Å²) in [7, 11) is 0. The lowest BCUT2D eigenvalue weighted by molar-refractivity contribution is 0.623. The molecule has 9 aromatic carbocycles. The minimum atomic E-state index is 0.623. The molecular weight excluding hydrogens is 609 g/mol. The van der Waals surface area contributed by atoms with Crippen LogP contribution >= 0.6 is 0 Å². The van der Waals surface area contributed by atoms with Gasteiger partial charge in [-0.1, -0.05) is 127 Å². The van der Waals surface area contributed by atoms with Crippen LogP contribution in [-0.4, -0.2) is 4.98 Å². The average Bonchev–Trinajstić information content (AvgIpc) is 3.64. The van der Waals surface area contributed by atoms with Crippen LogP contribution < -0.4 is 4.90 Å². The van der Waals surface area contributed by atoms with Crippen molar-refractivity contribution >= 4 is 71.3 Å². The maximum Gasteiger partial charge on any atom is 0.227 e. The quantitative estimate of drug-likeness (QED) is 0.176. The van der Waals surface area contributed by atoms with Gasteiger partial charge >= 0.3 is 0 Å². The van der Waals surface area contributed by atoms with Crippen LogP contribution in [0.1, 0.15) is 0 Å². The van der Waals surface area contributed by atoms with Crippen molar-refractivity contribution in [3.05, 3.63) is 182 Å². The average molecular weight is 639 g/mol. The first-order valence-electron chi connectivity index (χ1n) is 17.0. The fourth-order valence-corrected chi connectivity index (χ4v) is 7.54. The molecule has 1 heterocycles. The van der Waals surface area contributed by atoms with Crippen molar-refractivity contribution in [2.45, 2.75) is 0 Å². The Morgan fingerprint density at radius 1 is 0.420 bits per heavy atom. The number of nitrogens with zero attached hydrogens (tertiary/aromatic N) is 2. The van der Waals surface area contributed by atoms with Crippen LogP contribution in [0.3, 0.4) is 0 Å². The molecule has 0 aliphatic rings. The molecule has 0 amide bonds. The van der Waals surface area contributed by atoms with E-state index in [1.165, 1.54) is 32.7 Å². The third kappa shape index (κ3) is 4.56. The van der Waals surface area contributed by atoms with E-state index in [9.17, 15) is 0 Å². The number of anilines is 3. The van der Waals surface area contributed by atoms with Crippen molar-refractivity contribution in [2.75, 3.05) is 4.90 Å². The molecule has 1 aromatic heterocycles. The smallest absolute Gasteiger partial charge is 0.227 e. The lowest BCUT2D eigenvalue weighted by Gasteiger charge is -2.28. The fourth-order valence-electron chi connectivity index (χ4n) is 7.54. The van der Waals surface area contributed by atoms with Crippen LogP contribution in [0.5, 0.6) is 0 Å². The monoisotopic (exact) mass is 638 g/mol. The highest BCUT2D eigenvalue weighted by atomic mass is 16.3. The Morgan fingerprint density at radius 3 is 1.86 bits per heavy atom. The van der Waals surface area contributed by atoms with Crippen LogP contribution in [-0.2, 0) is 0 Å². The molecule has 0 saturated heterocycles. The lowest BCUT2D eigenvalue weighted by atomic mass is 9.92. The number of hydrogen-bond donors (Lipinski definition) is 0. The highest BCUT2D eigenvalue weighted by molar-refractivity contribution is 6.22. The van der Waals surface area contributed by atoms with Gasteiger partial charge in [-0.25, -0.2) is 4.98 Å². The Morgan fingerprint density at radius 2 is 1.08 bits per heavy atom. The molecule has 0 aliphatic carbocycles. The summed E-state index contributed by atoms with van der Waals surface area (Å²) in [4.78, 5) is 7.35. The highest BCUT2D eigenvalue weighted by Gasteiger charge is 2.21. The Balaban J connectivity index is 1.30. The van der Waals surface area contributed by atoms with Gasteiger partial charge in [-0.15, -0.1) is 0 Å². The second kappa shape index (κ2) is 11.5. The van der Waals surface area contributed by atoms with Crippen LogP contribution in [0, 0.1) is 0 Å². The number of aromatic nitrogens is 1. The molecule has 0 spiro atoms. The minimum Gasteiger partial charge on any atom is -0.435 e. The first-order valence-corrected chi connectivity index (χ1v) is 17.0. The molecule has 0 aliphatic heterocycles. The number of benzene rings is 9. The summed E-state index contributed by atoms with van der Waals surface area (Å²) in [5.74, 6) is 0.623. The van der Waals surface area contributed by atoms with Gasteiger partial charge in [0.05, 0.1) is 5.69 Å². The molecule has 50 heavy (non-hydrogen) atoms. The van der Waals surface area contributed by atoms with Crippen LogP contribution in [0.15, 0.2) is 186 Å². The summed E-state index contributed by atoms with van der Waals surface area (Å²) in [6.45, 7) is 0. The van der Waals surface area contributed by atoms with Crippen molar-refractivity contribution in [1.29, 1.82) is 0 Å². The topological polar surface area (TPSA) is 29.3 Å². The van der Waals surface area contributed by atoms with Gasteiger partial charge in [-0.3, -0.25) is 0 Å². The number of fused-ring (bicyclic) bond motifs is 8. The van der Waals surface area contributed by atoms with Crippen molar-refractivity contribution in [3.8, 4) is 22.6 Å². The Hall–Kier alpha value is -6.71. The third-order valence-electron chi connectivity index (χ3n) is 9.82. The molecule has 10 rings (SSSR count). The first-order chi connectivity index (χ1) is 24.8. The second-order valence-electron chi connectivity index (χ2n) is 12.8. The SMILES string of the molecule is c1ccc(-c2nc3ccc4cc(-c5ccccc5)c5ccc(N(c6ccccc6)c6cc7ccccc7c7ccccc67)cc5c4c3o2)cc1. The van der Waals surface area contributed by atoms with E-state index in [1.807, 2.05) is 30.3 Å². The Labute approximate surface area is 289 Å². The van der Waals surface area contributed by atoms with Gasteiger partial charge in [0.2, 0.25) is 5.89 Å². The fraction of sp³-hybridized carbons (Fsp3) is 0. The molecule has 0 saturated carbocycles. The number of para-hydroxylation sites is 1. The Kier molecular flexibility index (Phi) is 6.49. The summed E-state index contributed by atoms with van der Waals surface area (Å²) < 4.78 is 6.67. The molecule has 0 radical (unpaired) electrons. The molecular formula is C47H30N2O. The van der Waals surface area contributed by atoms with E-state index in [2.05, 4.69) is 157 Å². The van der Waals surface area contributed by atoms with Crippen LogP contribution in [0.25, 0.3) is 76.8 Å². The summed E-state index contributed by atoms with van der Waals surface area (Å²) in [5.41, 5.74) is 8.24. The number of hydrogen-bond acceptors (Lipinski definition) is 3. The van der Waals surface area contributed by atoms with E-state index in [-0.39, 0.29) is 0 Å². The molecule has 3 heteroatoms. The van der Waals surface area contributed by atoms with E-state index in [0.717, 1.165) is 55.3 Å². The number of rotatable bonds is 5. The molecule has 3 nitrogen and oxygen atoms in total. The van der Waals surface area contributed by atoms with Gasteiger partial charge < -0.3 is 9.32 Å². The van der Waals surface area contributed by atoms with Gasteiger partial charge in [-0.2, -0.15) is 0 Å². The third-order valence-corrected chi connectivity index (χ3v) is 9.82. The largest absolute Gasteiger partial charge is 0.435 e. The maximum absolute atomic E-state index is 6.67. The molecule has 10 aromatic rings. The zero-order valence-corrected chi connectivity index (χ0v) is 27.1. The van der Waals surface area contributed by atoms with Crippen molar-refractivity contribution in [1.82, 2.24) is 4.98 Å². The first kappa shape index (κ1) is 28.3. The van der Waals surface area contributed by atoms with Crippen molar-refractivity contribution in [3.63, 3.8) is 0 Å². The van der Waals surface area contributed by atoms with E-state index in [0.29, 0.717) is 5.89 Å². The van der Waals surface area contributed by atoms with Gasteiger partial charge in [-0.05, 0) is 98.0 Å². The van der Waals surface area contributed by atoms with Gasteiger partial charge in [0.15, 0.2) is 5.58 Å². The standard InChI is InChI=1S/C47H30N2O/c1-4-14-31(15-5-1)41-28-34-24-27-43-46(50-47(48-43)32-16-6-2-7-17-32)45(34)42-30-36(25-26-39(41)42)49(35-19-8-3-9-20-35)44-29-33-18-10-11-21-37(33)38-22-12-13-23-40(38)44/h1-30H. The van der Waals surface area contributed by atoms with Crippen molar-refractivity contribution in [2.24, 2.45) is 0 Å². The van der Waals surface area contributed by atoms with E-state index >= 15 is 0 Å². The highest BCUT2D eigenvalue weighted by Crippen LogP contribution is 2.45. The lowest BCUT2D eigenvalue weighted by Crippen LogP contribution is -2.10. The summed E-state index contributed by atoms with van der Waals surface area (Å²) in [6, 6.07) is 64.6. The molecule has 234 valence electrons. The van der Waals surface area contributed by atoms with E-state index in [1.54, 1.807) is 0 Å². The summed E-state index contributed by atoms with van der Waals surface area (Å²) in [5, 5.41) is 9.33. The molecule has 0 N–H and O–H groups in total. The maximum atomic E-state index is 6.67. The molecule has 0 fully saturated rings. The van der Waals surface area contributed by atoms with Gasteiger partial charge in [0, 0.05) is 27.7 Å². The molecule has 0 unspecified atom stereocenters. The summed E-state index contributed by atoms with van der Waals surface area (Å²) in [6.07, 6.45) is 0. The molecule has 0 atom stereocenters. The molecule has 0 bridgehead atoms. The van der Waals surface area contributed by atoms with Crippen molar-refractivity contribution < 1.29 is 4.42 Å². The zero-order chi connectivity index (χ0) is 33.0. The normalized spacial score (nSPS) is 11.6. The minimum absolute atomic E-state index is 0.623. The van der Waals surface area contributed by atoms with Gasteiger partial charge in [0.25, 0.3) is 0 Å². The van der Waals surface area contributed by atoms with E-state index < -0.39 is 0 Å². The Bertz CT molecular complexity index is 2860. The predicted molar refractivity (Wildman–Crippen MR) is 210 cm³/mol. The zero-order valence-electron chi connectivity index (χ0n) is 27.1. The van der Waals surface area contributed by atoms with E-state index in [4.69, 9.17) is 9.40 Å². The summed E-state index contributed by atoms with van der Waals surface area (Å²) >= 11 is 0. The van der Waals surface area contributed by atoms with Crippen LogP contribution in [0.4, 0.5) is 17.1 Å². The van der Waals surface area contributed by atoms with Gasteiger partial charge in [0.1, 0.15) is 5.52 Å². The second-order valence-corrected chi connectivity index (χ2v) is 12.8.